The van der Waals surface area contributed by atoms with Gasteiger partial charge in [0.1, 0.15) is 5.82 Å². The molecule has 6 nitrogen and oxygen atoms in total. The molecular formula is C13H13N5O. The summed E-state index contributed by atoms with van der Waals surface area (Å²) >= 11 is 0. The molecule has 0 atom stereocenters. The molecule has 0 fully saturated rings. The zero-order chi connectivity index (χ0) is 13.2. The molecule has 0 radical (unpaired) electrons. The molecule has 3 rings (SSSR count). The summed E-state index contributed by atoms with van der Waals surface area (Å²) in [5, 5.41) is 6.85. The average molecular weight is 255 g/mol. The van der Waals surface area contributed by atoms with E-state index in [9.17, 15) is 4.79 Å². The topological polar surface area (TPSA) is 89.1 Å². The number of aromatic nitrogens is 4. The Hall–Kier alpha value is -2.47. The predicted octanol–water partition coefficient (Wildman–Crippen LogP) is 0.586. The standard InChI is InChI=1S/C13H13N5O/c14-7-6-11-16-17-13-15-10(8-12(19)18(11)13)9-4-2-1-3-5-9/h1-5,8H,6-7,14H2,(H,15,17). The maximum atomic E-state index is 12.2. The first-order valence-electron chi connectivity index (χ1n) is 6.02. The number of rotatable bonds is 3. The summed E-state index contributed by atoms with van der Waals surface area (Å²) in [5.41, 5.74) is 6.87. The van der Waals surface area contributed by atoms with Crippen molar-refractivity contribution < 1.29 is 0 Å². The molecule has 6 heteroatoms. The van der Waals surface area contributed by atoms with Crippen molar-refractivity contribution in [2.75, 3.05) is 6.54 Å². The molecule has 0 saturated heterocycles. The number of hydrogen-bond donors (Lipinski definition) is 2. The highest BCUT2D eigenvalue weighted by Crippen LogP contribution is 2.15. The number of nitrogens with two attached hydrogens (primary N) is 1. The Morgan fingerprint density at radius 3 is 2.79 bits per heavy atom. The van der Waals surface area contributed by atoms with Crippen LogP contribution in [-0.2, 0) is 6.42 Å². The molecule has 0 aliphatic rings. The van der Waals surface area contributed by atoms with Gasteiger partial charge in [-0.25, -0.2) is 14.5 Å². The monoisotopic (exact) mass is 255 g/mol. The van der Waals surface area contributed by atoms with Gasteiger partial charge in [-0.05, 0) is 6.54 Å². The number of hydrogen-bond acceptors (Lipinski definition) is 4. The van der Waals surface area contributed by atoms with Gasteiger partial charge in [0, 0.05) is 18.1 Å². The van der Waals surface area contributed by atoms with Gasteiger partial charge in [-0.15, -0.1) is 0 Å². The van der Waals surface area contributed by atoms with Crippen LogP contribution in [0.5, 0.6) is 0 Å². The SMILES string of the molecule is NCCc1n[nH]c2nc(-c3ccccc3)cc(=O)n12. The number of nitrogens with one attached hydrogen (secondary N) is 1. The van der Waals surface area contributed by atoms with Crippen LogP contribution in [0.1, 0.15) is 5.82 Å². The second-order valence-electron chi connectivity index (χ2n) is 4.18. The normalized spacial score (nSPS) is 11.0. The summed E-state index contributed by atoms with van der Waals surface area (Å²) < 4.78 is 1.46. The van der Waals surface area contributed by atoms with Crippen LogP contribution in [0.15, 0.2) is 41.2 Å². The molecule has 2 aromatic heterocycles. The molecule has 0 spiro atoms. The Morgan fingerprint density at radius 2 is 2.05 bits per heavy atom. The van der Waals surface area contributed by atoms with E-state index in [1.54, 1.807) is 0 Å². The fourth-order valence-corrected chi connectivity index (χ4v) is 2.02. The summed E-state index contributed by atoms with van der Waals surface area (Å²) in [6.45, 7) is 0.437. The predicted molar refractivity (Wildman–Crippen MR) is 71.8 cm³/mol. The lowest BCUT2D eigenvalue weighted by Gasteiger charge is -2.01. The molecule has 0 bridgehead atoms. The van der Waals surface area contributed by atoms with Crippen molar-refractivity contribution in [2.24, 2.45) is 5.73 Å². The van der Waals surface area contributed by atoms with Crippen molar-refractivity contribution in [1.82, 2.24) is 19.6 Å². The van der Waals surface area contributed by atoms with Gasteiger partial charge in [0.05, 0.1) is 5.69 Å². The third kappa shape index (κ3) is 2.02. The minimum atomic E-state index is -0.152. The van der Waals surface area contributed by atoms with E-state index >= 15 is 0 Å². The Balaban J connectivity index is 2.19. The quantitative estimate of drug-likeness (QED) is 0.716. The third-order valence-electron chi connectivity index (χ3n) is 2.90. The van der Waals surface area contributed by atoms with Crippen molar-refractivity contribution in [2.45, 2.75) is 6.42 Å². The molecule has 0 amide bonds. The van der Waals surface area contributed by atoms with Crippen molar-refractivity contribution in [3.63, 3.8) is 0 Å². The summed E-state index contributed by atoms with van der Waals surface area (Å²) in [4.78, 5) is 16.6. The van der Waals surface area contributed by atoms with E-state index in [1.165, 1.54) is 10.5 Å². The zero-order valence-corrected chi connectivity index (χ0v) is 10.2. The highest BCUT2D eigenvalue weighted by atomic mass is 16.1. The van der Waals surface area contributed by atoms with Crippen LogP contribution in [0.3, 0.4) is 0 Å². The second-order valence-corrected chi connectivity index (χ2v) is 4.18. The lowest BCUT2D eigenvalue weighted by molar-refractivity contribution is 0.836. The van der Waals surface area contributed by atoms with Gasteiger partial charge in [0.25, 0.3) is 5.56 Å². The van der Waals surface area contributed by atoms with Gasteiger partial charge >= 0.3 is 0 Å². The number of nitrogens with zero attached hydrogens (tertiary/aromatic N) is 3. The molecule has 0 aliphatic heterocycles. The minimum Gasteiger partial charge on any atom is -0.330 e. The van der Waals surface area contributed by atoms with Crippen molar-refractivity contribution >= 4 is 5.78 Å². The summed E-state index contributed by atoms with van der Waals surface area (Å²) in [6, 6.07) is 11.1. The van der Waals surface area contributed by atoms with E-state index < -0.39 is 0 Å². The van der Waals surface area contributed by atoms with E-state index in [2.05, 4.69) is 15.2 Å². The summed E-state index contributed by atoms with van der Waals surface area (Å²) in [5.74, 6) is 1.05. The third-order valence-corrected chi connectivity index (χ3v) is 2.90. The molecule has 3 aromatic rings. The number of H-pyrrole nitrogens is 1. The van der Waals surface area contributed by atoms with Gasteiger partial charge in [-0.3, -0.25) is 4.79 Å². The molecular weight excluding hydrogens is 242 g/mol. The van der Waals surface area contributed by atoms with Crippen LogP contribution in [-0.4, -0.2) is 26.1 Å². The fraction of sp³-hybridized carbons (Fsp3) is 0.154. The van der Waals surface area contributed by atoms with Crippen molar-refractivity contribution in [3.8, 4) is 11.3 Å². The highest BCUT2D eigenvalue weighted by molar-refractivity contribution is 5.60. The Labute approximate surface area is 108 Å². The van der Waals surface area contributed by atoms with Gasteiger partial charge in [-0.1, -0.05) is 30.3 Å². The van der Waals surface area contributed by atoms with E-state index in [0.29, 0.717) is 30.3 Å². The molecule has 1 aromatic carbocycles. The molecule has 0 unspecified atom stereocenters. The molecule has 3 N–H and O–H groups in total. The van der Waals surface area contributed by atoms with Gasteiger partial charge in [-0.2, -0.15) is 5.10 Å². The lowest BCUT2D eigenvalue weighted by Crippen LogP contribution is -2.17. The molecule has 0 aliphatic carbocycles. The van der Waals surface area contributed by atoms with Crippen molar-refractivity contribution in [1.29, 1.82) is 0 Å². The molecule has 2 heterocycles. The van der Waals surface area contributed by atoms with E-state index in [1.807, 2.05) is 30.3 Å². The van der Waals surface area contributed by atoms with E-state index in [-0.39, 0.29) is 5.56 Å². The molecule has 19 heavy (non-hydrogen) atoms. The first-order chi connectivity index (χ1) is 9.29. The molecule has 0 saturated carbocycles. The number of aromatic amines is 1. The van der Waals surface area contributed by atoms with Crippen LogP contribution in [0, 0.1) is 0 Å². The Bertz CT molecular complexity index is 760. The Kier molecular flexibility index (Phi) is 2.85. The molecule has 96 valence electrons. The van der Waals surface area contributed by atoms with Gasteiger partial charge in [0.2, 0.25) is 5.78 Å². The minimum absolute atomic E-state index is 0.152. The maximum absolute atomic E-state index is 12.2. The van der Waals surface area contributed by atoms with E-state index in [4.69, 9.17) is 5.73 Å². The zero-order valence-electron chi connectivity index (χ0n) is 10.2. The van der Waals surface area contributed by atoms with E-state index in [0.717, 1.165) is 5.56 Å². The largest absolute Gasteiger partial charge is 0.330 e. The smallest absolute Gasteiger partial charge is 0.261 e. The van der Waals surface area contributed by atoms with Crippen LogP contribution in [0.25, 0.3) is 17.0 Å². The van der Waals surface area contributed by atoms with Gasteiger partial charge < -0.3 is 5.73 Å². The van der Waals surface area contributed by atoms with Crippen LogP contribution < -0.4 is 11.3 Å². The van der Waals surface area contributed by atoms with Crippen LogP contribution in [0.4, 0.5) is 0 Å². The second kappa shape index (κ2) is 4.66. The Morgan fingerprint density at radius 1 is 1.26 bits per heavy atom. The number of benzene rings is 1. The van der Waals surface area contributed by atoms with Crippen LogP contribution in [0.2, 0.25) is 0 Å². The average Bonchev–Trinajstić information content (AvgIpc) is 2.84. The van der Waals surface area contributed by atoms with Gasteiger partial charge in [0.15, 0.2) is 0 Å². The summed E-state index contributed by atoms with van der Waals surface area (Å²) in [6.07, 6.45) is 0.534. The first kappa shape index (κ1) is 11.6. The lowest BCUT2D eigenvalue weighted by atomic mass is 10.1. The fourth-order valence-electron chi connectivity index (χ4n) is 2.02. The van der Waals surface area contributed by atoms with Crippen LogP contribution >= 0.6 is 0 Å². The first-order valence-corrected chi connectivity index (χ1v) is 6.02. The maximum Gasteiger partial charge on any atom is 0.261 e. The number of fused-ring (bicyclic) bond motifs is 1. The summed E-state index contributed by atoms with van der Waals surface area (Å²) in [7, 11) is 0. The highest BCUT2D eigenvalue weighted by Gasteiger charge is 2.10. The van der Waals surface area contributed by atoms with Crippen molar-refractivity contribution in [3.05, 3.63) is 52.6 Å².